The molecule has 0 N–H and O–H groups in total. The lowest BCUT2D eigenvalue weighted by molar-refractivity contribution is 0.133. The van der Waals surface area contributed by atoms with Crippen LogP contribution in [0.4, 0.5) is 0 Å². The second-order valence-corrected chi connectivity index (χ2v) is 9.16. The fraction of sp³-hybridized carbons (Fsp3) is 1.00. The highest BCUT2D eigenvalue weighted by Gasteiger charge is 2.31. The van der Waals surface area contributed by atoms with Gasteiger partial charge in [0.05, 0.1) is 0 Å². The highest BCUT2D eigenvalue weighted by Crippen LogP contribution is 2.43. The fourth-order valence-electron chi connectivity index (χ4n) is 5.69. The molecule has 0 radical (unpaired) electrons. The molecule has 0 nitrogen and oxygen atoms in total. The molecule has 0 spiro atoms. The lowest BCUT2D eigenvalue weighted by Crippen LogP contribution is -2.26. The summed E-state index contributed by atoms with van der Waals surface area (Å²) in [6.07, 6.45) is 20.1. The third-order valence-corrected chi connectivity index (χ3v) is 7.42. The Morgan fingerprint density at radius 3 is 1.22 bits per heavy atom. The van der Waals surface area contributed by atoms with Gasteiger partial charge in [0.1, 0.15) is 0 Å². The molecule has 3 aliphatic rings. The van der Waals surface area contributed by atoms with Crippen LogP contribution >= 0.6 is 0 Å². The minimum atomic E-state index is 1.02. The zero-order chi connectivity index (χ0) is 16.7. The van der Waals surface area contributed by atoms with E-state index in [1.165, 1.54) is 25.7 Å². The molecule has 23 heavy (non-hydrogen) atoms. The molecule has 0 bridgehead atoms. The number of hydrogen-bond acceptors (Lipinski definition) is 0. The molecule has 0 unspecified atom stereocenters. The first kappa shape index (κ1) is 19.3. The summed E-state index contributed by atoms with van der Waals surface area (Å²) in [5, 5.41) is 0. The van der Waals surface area contributed by atoms with Crippen molar-refractivity contribution in [3.8, 4) is 0 Å². The van der Waals surface area contributed by atoms with Gasteiger partial charge in [0.25, 0.3) is 0 Å². The monoisotopic (exact) mass is 320 g/mol. The first-order chi connectivity index (χ1) is 11.2. The SMILES string of the molecule is CC.CC1CCC(CC2CCC(C3CCC(C)CC3)CC2)CC1. The Bertz CT molecular complexity index is 283. The van der Waals surface area contributed by atoms with E-state index in [2.05, 4.69) is 13.8 Å². The van der Waals surface area contributed by atoms with Crippen LogP contribution in [0.3, 0.4) is 0 Å². The van der Waals surface area contributed by atoms with Crippen molar-refractivity contribution >= 4 is 0 Å². The van der Waals surface area contributed by atoms with E-state index in [1.807, 2.05) is 13.8 Å². The molecule has 0 aromatic heterocycles. The van der Waals surface area contributed by atoms with Crippen molar-refractivity contribution in [1.29, 1.82) is 0 Å². The summed E-state index contributed by atoms with van der Waals surface area (Å²) >= 11 is 0. The molecule has 3 saturated carbocycles. The van der Waals surface area contributed by atoms with Gasteiger partial charge in [0.15, 0.2) is 0 Å². The Hall–Kier alpha value is 0. The first-order valence-corrected chi connectivity index (χ1v) is 11.2. The van der Waals surface area contributed by atoms with E-state index in [1.54, 1.807) is 57.8 Å². The summed E-state index contributed by atoms with van der Waals surface area (Å²) in [4.78, 5) is 0. The first-order valence-electron chi connectivity index (χ1n) is 11.2. The highest BCUT2D eigenvalue weighted by atomic mass is 14.4. The molecule has 136 valence electrons. The van der Waals surface area contributed by atoms with Gasteiger partial charge in [-0.3, -0.25) is 0 Å². The molecule has 0 aromatic rings. The van der Waals surface area contributed by atoms with Gasteiger partial charge in [-0.25, -0.2) is 0 Å². The van der Waals surface area contributed by atoms with Gasteiger partial charge < -0.3 is 0 Å². The number of rotatable bonds is 3. The predicted molar refractivity (Wildman–Crippen MR) is 104 cm³/mol. The average molecular weight is 321 g/mol. The van der Waals surface area contributed by atoms with E-state index >= 15 is 0 Å². The van der Waals surface area contributed by atoms with Crippen molar-refractivity contribution in [3.63, 3.8) is 0 Å². The quantitative estimate of drug-likeness (QED) is 0.496. The minimum absolute atomic E-state index is 1.02. The molecule has 3 fully saturated rings. The van der Waals surface area contributed by atoms with Gasteiger partial charge in [0, 0.05) is 0 Å². The normalized spacial score (nSPS) is 41.7. The molecule has 3 aliphatic carbocycles. The Morgan fingerprint density at radius 2 is 0.783 bits per heavy atom. The van der Waals surface area contributed by atoms with Crippen molar-refractivity contribution in [1.82, 2.24) is 0 Å². The average Bonchev–Trinajstić information content (AvgIpc) is 2.60. The lowest BCUT2D eigenvalue weighted by Gasteiger charge is -2.38. The standard InChI is InChI=1S/C21H38.C2H6/c1-16-3-7-18(8-4-16)15-19-9-13-21(14-10-19)20-11-5-17(2)6-12-20;1-2/h16-21H,3-15H2,1-2H3;1-2H3. The molecule has 0 saturated heterocycles. The van der Waals surface area contributed by atoms with E-state index in [0.29, 0.717) is 0 Å². The second-order valence-electron chi connectivity index (χ2n) is 9.16. The van der Waals surface area contributed by atoms with E-state index in [9.17, 15) is 0 Å². The van der Waals surface area contributed by atoms with Crippen LogP contribution in [0.1, 0.15) is 111 Å². The zero-order valence-corrected chi connectivity index (χ0v) is 16.7. The molecule has 3 rings (SSSR count). The maximum Gasteiger partial charge on any atom is -0.0386 e. The minimum Gasteiger partial charge on any atom is -0.0683 e. The summed E-state index contributed by atoms with van der Waals surface area (Å²) < 4.78 is 0. The van der Waals surface area contributed by atoms with Gasteiger partial charge in [-0.1, -0.05) is 79.1 Å². The smallest absolute Gasteiger partial charge is 0.0386 e. The highest BCUT2D eigenvalue weighted by molar-refractivity contribution is 4.82. The summed E-state index contributed by atoms with van der Waals surface area (Å²) in [7, 11) is 0. The largest absolute Gasteiger partial charge is 0.0683 e. The van der Waals surface area contributed by atoms with Gasteiger partial charge >= 0.3 is 0 Å². The second kappa shape index (κ2) is 10.1. The van der Waals surface area contributed by atoms with Crippen LogP contribution < -0.4 is 0 Å². The van der Waals surface area contributed by atoms with Crippen molar-refractivity contribution in [2.24, 2.45) is 35.5 Å². The Labute approximate surface area is 147 Å². The van der Waals surface area contributed by atoms with Crippen LogP contribution in [0.2, 0.25) is 0 Å². The Morgan fingerprint density at radius 1 is 0.478 bits per heavy atom. The summed E-state index contributed by atoms with van der Waals surface area (Å²) in [5.41, 5.74) is 0. The van der Waals surface area contributed by atoms with E-state index in [4.69, 9.17) is 0 Å². The topological polar surface area (TPSA) is 0 Å². The van der Waals surface area contributed by atoms with Gasteiger partial charge in [-0.05, 0) is 67.6 Å². The van der Waals surface area contributed by atoms with Crippen molar-refractivity contribution < 1.29 is 0 Å². The van der Waals surface area contributed by atoms with Crippen LogP contribution in [-0.4, -0.2) is 0 Å². The van der Waals surface area contributed by atoms with Gasteiger partial charge in [-0.2, -0.15) is 0 Å². The molecular formula is C23H44. The van der Waals surface area contributed by atoms with Crippen molar-refractivity contribution in [2.75, 3.05) is 0 Å². The van der Waals surface area contributed by atoms with Crippen LogP contribution in [-0.2, 0) is 0 Å². The summed E-state index contributed by atoms with van der Waals surface area (Å²) in [6.45, 7) is 8.91. The lowest BCUT2D eigenvalue weighted by atomic mass is 9.67. The van der Waals surface area contributed by atoms with Crippen LogP contribution in [0, 0.1) is 35.5 Å². The van der Waals surface area contributed by atoms with E-state index in [0.717, 1.165) is 35.5 Å². The maximum absolute atomic E-state index is 2.46. The molecule has 0 aliphatic heterocycles. The Balaban J connectivity index is 0.000000924. The van der Waals surface area contributed by atoms with Crippen LogP contribution in [0.15, 0.2) is 0 Å². The summed E-state index contributed by atoms with van der Waals surface area (Å²) in [6, 6.07) is 0. The summed E-state index contributed by atoms with van der Waals surface area (Å²) in [5.74, 6) is 6.45. The molecule has 0 amide bonds. The Kier molecular flexibility index (Phi) is 8.48. The van der Waals surface area contributed by atoms with Crippen LogP contribution in [0.25, 0.3) is 0 Å². The number of hydrogen-bond donors (Lipinski definition) is 0. The molecule has 0 atom stereocenters. The van der Waals surface area contributed by atoms with Gasteiger partial charge in [-0.15, -0.1) is 0 Å². The van der Waals surface area contributed by atoms with Crippen molar-refractivity contribution in [3.05, 3.63) is 0 Å². The van der Waals surface area contributed by atoms with Crippen LogP contribution in [0.5, 0.6) is 0 Å². The third kappa shape index (κ3) is 6.09. The van der Waals surface area contributed by atoms with E-state index in [-0.39, 0.29) is 0 Å². The molecule has 0 aromatic carbocycles. The van der Waals surface area contributed by atoms with E-state index < -0.39 is 0 Å². The van der Waals surface area contributed by atoms with Crippen molar-refractivity contribution in [2.45, 2.75) is 111 Å². The van der Waals surface area contributed by atoms with Gasteiger partial charge in [0.2, 0.25) is 0 Å². The fourth-order valence-corrected chi connectivity index (χ4v) is 5.69. The molecule has 0 heteroatoms. The predicted octanol–water partition coefficient (Wildman–Crippen LogP) is 7.86. The molecular weight excluding hydrogens is 276 g/mol. The maximum atomic E-state index is 2.46. The zero-order valence-electron chi connectivity index (χ0n) is 16.7. The molecule has 0 heterocycles. The third-order valence-electron chi connectivity index (χ3n) is 7.42.